The standard InChI is InChI=1S/C22H14ClFN4O2S/c1-31(29,30)21-7-3-14(11-27-21)13-2-6-20-17(8-13)22(15(10-25)12-26-20)28-16-4-5-19(24)18(23)9-16/h2-9,11-12H,1H3,(H,26,28). The van der Waals surface area contributed by atoms with Crippen molar-refractivity contribution in [3.05, 3.63) is 77.3 Å². The molecule has 0 aliphatic rings. The first kappa shape index (κ1) is 20.7. The Hall–Kier alpha value is -3.54. The first-order valence-corrected chi connectivity index (χ1v) is 11.2. The number of halogens is 2. The number of nitrogens with one attached hydrogen (secondary N) is 1. The van der Waals surface area contributed by atoms with E-state index < -0.39 is 15.7 Å². The number of fused-ring (bicyclic) bond motifs is 1. The van der Waals surface area contributed by atoms with Crippen molar-refractivity contribution in [2.24, 2.45) is 0 Å². The minimum absolute atomic E-state index is 0.0129. The Morgan fingerprint density at radius 2 is 1.81 bits per heavy atom. The molecule has 31 heavy (non-hydrogen) atoms. The van der Waals surface area contributed by atoms with Gasteiger partial charge in [0.2, 0.25) is 0 Å². The molecule has 4 aromatic rings. The lowest BCUT2D eigenvalue weighted by atomic mass is 10.0. The van der Waals surface area contributed by atoms with Crippen LogP contribution in [0.15, 0.2) is 66.0 Å². The zero-order valence-corrected chi connectivity index (χ0v) is 17.7. The quantitative estimate of drug-likeness (QED) is 0.462. The Morgan fingerprint density at radius 1 is 1.03 bits per heavy atom. The Bertz CT molecular complexity index is 1470. The van der Waals surface area contributed by atoms with Gasteiger partial charge in [-0.2, -0.15) is 5.26 Å². The molecule has 0 fully saturated rings. The summed E-state index contributed by atoms with van der Waals surface area (Å²) in [5.41, 5.74) is 3.41. The summed E-state index contributed by atoms with van der Waals surface area (Å²) in [6.07, 6.45) is 4.03. The van der Waals surface area contributed by atoms with Crippen LogP contribution in [0.3, 0.4) is 0 Å². The van der Waals surface area contributed by atoms with Crippen LogP contribution in [-0.2, 0) is 9.84 Å². The minimum Gasteiger partial charge on any atom is -0.354 e. The molecule has 0 saturated heterocycles. The molecule has 0 aliphatic heterocycles. The molecule has 0 atom stereocenters. The van der Waals surface area contributed by atoms with E-state index in [9.17, 15) is 18.1 Å². The number of anilines is 2. The van der Waals surface area contributed by atoms with Crippen LogP contribution >= 0.6 is 11.6 Å². The van der Waals surface area contributed by atoms with Crippen molar-refractivity contribution in [2.45, 2.75) is 5.03 Å². The lowest BCUT2D eigenvalue weighted by molar-refractivity contribution is 0.598. The van der Waals surface area contributed by atoms with Gasteiger partial charge in [-0.05, 0) is 48.0 Å². The normalized spacial score (nSPS) is 11.3. The maximum atomic E-state index is 13.5. The Morgan fingerprint density at radius 3 is 2.45 bits per heavy atom. The molecule has 0 unspecified atom stereocenters. The van der Waals surface area contributed by atoms with E-state index in [1.54, 1.807) is 12.1 Å². The van der Waals surface area contributed by atoms with Crippen molar-refractivity contribution in [3.63, 3.8) is 0 Å². The van der Waals surface area contributed by atoms with Gasteiger partial charge >= 0.3 is 0 Å². The van der Waals surface area contributed by atoms with Gasteiger partial charge in [0.25, 0.3) is 0 Å². The topological polar surface area (TPSA) is 95.7 Å². The lowest BCUT2D eigenvalue weighted by Gasteiger charge is -2.13. The lowest BCUT2D eigenvalue weighted by Crippen LogP contribution is -2.00. The highest BCUT2D eigenvalue weighted by Gasteiger charge is 2.13. The first-order valence-electron chi connectivity index (χ1n) is 8.97. The number of rotatable bonds is 4. The number of hydrogen-bond donors (Lipinski definition) is 1. The second-order valence-electron chi connectivity index (χ2n) is 6.80. The van der Waals surface area contributed by atoms with E-state index in [4.69, 9.17) is 11.6 Å². The second-order valence-corrected chi connectivity index (χ2v) is 9.17. The fraction of sp³-hybridized carbons (Fsp3) is 0.0455. The van der Waals surface area contributed by atoms with Crippen molar-refractivity contribution < 1.29 is 12.8 Å². The molecule has 6 nitrogen and oxygen atoms in total. The average molecular weight is 453 g/mol. The van der Waals surface area contributed by atoms with Gasteiger partial charge in [0.1, 0.15) is 11.9 Å². The molecule has 9 heteroatoms. The van der Waals surface area contributed by atoms with Gasteiger partial charge in [-0.3, -0.25) is 4.98 Å². The summed E-state index contributed by atoms with van der Waals surface area (Å²) in [7, 11) is -3.40. The Balaban J connectivity index is 1.83. The van der Waals surface area contributed by atoms with Gasteiger partial charge in [-0.15, -0.1) is 0 Å². The predicted octanol–water partition coefficient (Wildman–Crippen LogP) is 5.11. The average Bonchev–Trinajstić information content (AvgIpc) is 2.75. The SMILES string of the molecule is CS(=O)(=O)c1ccc(-c2ccc3ncc(C#N)c(Nc4ccc(F)c(Cl)c4)c3c2)cn1. The third kappa shape index (κ3) is 4.19. The fourth-order valence-electron chi connectivity index (χ4n) is 3.08. The van der Waals surface area contributed by atoms with Crippen LogP contribution in [0.4, 0.5) is 15.8 Å². The summed E-state index contributed by atoms with van der Waals surface area (Å²) in [6.45, 7) is 0. The molecule has 0 bridgehead atoms. The van der Waals surface area contributed by atoms with Gasteiger partial charge in [0.05, 0.1) is 21.8 Å². The van der Waals surface area contributed by atoms with Crippen LogP contribution in [0.5, 0.6) is 0 Å². The van der Waals surface area contributed by atoms with Gasteiger partial charge < -0.3 is 5.32 Å². The molecular formula is C22H14ClFN4O2S. The fourth-order valence-corrected chi connectivity index (χ4v) is 3.82. The van der Waals surface area contributed by atoms with Crippen molar-refractivity contribution in [2.75, 3.05) is 11.6 Å². The van der Waals surface area contributed by atoms with Gasteiger partial charge in [0, 0.05) is 35.3 Å². The maximum Gasteiger partial charge on any atom is 0.192 e. The van der Waals surface area contributed by atoms with Crippen LogP contribution in [0.1, 0.15) is 5.56 Å². The highest BCUT2D eigenvalue weighted by Crippen LogP contribution is 2.33. The molecule has 1 N–H and O–H groups in total. The molecule has 0 radical (unpaired) electrons. The third-order valence-electron chi connectivity index (χ3n) is 4.63. The van der Waals surface area contributed by atoms with Crippen LogP contribution < -0.4 is 5.32 Å². The number of nitrogens with zero attached hydrogens (tertiary/aromatic N) is 3. The van der Waals surface area contributed by atoms with Crippen molar-refractivity contribution in [1.29, 1.82) is 5.26 Å². The summed E-state index contributed by atoms with van der Waals surface area (Å²) in [5.74, 6) is -0.542. The van der Waals surface area contributed by atoms with E-state index in [1.165, 1.54) is 36.7 Å². The Labute approximate surface area is 182 Å². The number of hydrogen-bond acceptors (Lipinski definition) is 6. The second kappa shape index (κ2) is 7.95. The van der Waals surface area contributed by atoms with Gasteiger partial charge in [-0.25, -0.2) is 17.8 Å². The number of nitriles is 1. The van der Waals surface area contributed by atoms with E-state index in [-0.39, 0.29) is 10.0 Å². The molecule has 0 amide bonds. The van der Waals surface area contributed by atoms with E-state index in [1.807, 2.05) is 12.1 Å². The largest absolute Gasteiger partial charge is 0.354 e. The summed E-state index contributed by atoms with van der Waals surface area (Å²) in [4.78, 5) is 8.35. The van der Waals surface area contributed by atoms with Gasteiger partial charge in [-0.1, -0.05) is 17.7 Å². The monoisotopic (exact) mass is 452 g/mol. The molecule has 2 aromatic heterocycles. The number of benzene rings is 2. The Kier molecular flexibility index (Phi) is 5.31. The van der Waals surface area contributed by atoms with E-state index in [2.05, 4.69) is 21.4 Å². The van der Waals surface area contributed by atoms with E-state index in [0.717, 1.165) is 11.8 Å². The highest BCUT2D eigenvalue weighted by atomic mass is 35.5. The summed E-state index contributed by atoms with van der Waals surface area (Å²) >= 11 is 5.88. The number of aromatic nitrogens is 2. The maximum absolute atomic E-state index is 13.5. The molecule has 0 saturated carbocycles. The summed E-state index contributed by atoms with van der Waals surface area (Å²) in [5, 5.41) is 13.3. The van der Waals surface area contributed by atoms with Crippen LogP contribution in [0.25, 0.3) is 22.0 Å². The zero-order valence-electron chi connectivity index (χ0n) is 16.1. The molecule has 0 aliphatic carbocycles. The van der Waals surface area contributed by atoms with Crippen molar-refractivity contribution in [3.8, 4) is 17.2 Å². The summed E-state index contributed by atoms with van der Waals surface area (Å²) in [6, 6.07) is 14.9. The molecule has 4 rings (SSSR count). The third-order valence-corrected chi connectivity index (χ3v) is 5.92. The molecular weight excluding hydrogens is 439 g/mol. The smallest absolute Gasteiger partial charge is 0.192 e. The summed E-state index contributed by atoms with van der Waals surface area (Å²) < 4.78 is 36.8. The molecule has 2 heterocycles. The minimum atomic E-state index is -3.40. The molecule has 2 aromatic carbocycles. The first-order chi connectivity index (χ1) is 14.8. The van der Waals surface area contributed by atoms with Crippen LogP contribution in [0, 0.1) is 17.1 Å². The van der Waals surface area contributed by atoms with Crippen molar-refractivity contribution in [1.82, 2.24) is 9.97 Å². The molecule has 0 spiro atoms. The predicted molar refractivity (Wildman–Crippen MR) is 117 cm³/mol. The molecule has 154 valence electrons. The van der Waals surface area contributed by atoms with E-state index in [0.29, 0.717) is 33.4 Å². The number of pyridine rings is 2. The van der Waals surface area contributed by atoms with Crippen LogP contribution in [0.2, 0.25) is 5.02 Å². The van der Waals surface area contributed by atoms with E-state index >= 15 is 0 Å². The zero-order chi connectivity index (χ0) is 22.2. The van der Waals surface area contributed by atoms with Gasteiger partial charge in [0.15, 0.2) is 14.9 Å². The van der Waals surface area contributed by atoms with Crippen LogP contribution in [-0.4, -0.2) is 24.6 Å². The highest BCUT2D eigenvalue weighted by molar-refractivity contribution is 7.90. The van der Waals surface area contributed by atoms with Crippen molar-refractivity contribution >= 4 is 43.7 Å². The number of sulfone groups is 1.